The number of aromatic nitrogens is 2. The molecule has 1 aromatic heterocycles. The Labute approximate surface area is 97.5 Å². The Hall–Kier alpha value is -0.910. The molecule has 3 aliphatic rings. The summed E-state index contributed by atoms with van der Waals surface area (Å²) in [6.45, 7) is 4.25. The van der Waals surface area contributed by atoms with Crippen molar-refractivity contribution in [1.82, 2.24) is 14.5 Å². The summed E-state index contributed by atoms with van der Waals surface area (Å²) in [6.07, 6.45) is 1.68. The van der Waals surface area contributed by atoms with Gasteiger partial charge in [-0.05, 0) is 11.6 Å². The van der Waals surface area contributed by atoms with Crippen molar-refractivity contribution in [2.24, 2.45) is 0 Å². The van der Waals surface area contributed by atoms with E-state index >= 15 is 0 Å². The van der Waals surface area contributed by atoms with E-state index in [9.17, 15) is 0 Å². The van der Waals surface area contributed by atoms with E-state index in [1.54, 1.807) is 6.20 Å². The van der Waals surface area contributed by atoms with E-state index in [0.29, 0.717) is 11.9 Å². The molecule has 4 rings (SSSR count). The molecule has 3 aliphatic heterocycles. The zero-order valence-electron chi connectivity index (χ0n) is 8.65. The summed E-state index contributed by atoms with van der Waals surface area (Å²) in [5.41, 5.74) is 0.100. The van der Waals surface area contributed by atoms with Gasteiger partial charge in [0.05, 0.1) is 12.8 Å². The van der Waals surface area contributed by atoms with Gasteiger partial charge in [-0.15, -0.1) is 0 Å². The largest absolute Gasteiger partial charge is 0.478 e. The molecule has 0 spiro atoms. The Balaban J connectivity index is 1.90. The number of quaternary nitrogens is 1. The minimum absolute atomic E-state index is 0.100. The van der Waals surface area contributed by atoms with E-state index in [4.69, 9.17) is 21.1 Å². The number of morpholine rings is 1. The number of fused-ring (bicyclic) bond motifs is 1. The fraction of sp³-hybridized carbons (Fsp3) is 0.600. The Bertz CT molecular complexity index is 483. The van der Waals surface area contributed by atoms with Gasteiger partial charge >= 0.3 is 0 Å². The smallest absolute Gasteiger partial charge is 0.276 e. The van der Waals surface area contributed by atoms with Crippen LogP contribution in [0.25, 0.3) is 0 Å². The first-order chi connectivity index (χ1) is 7.76. The summed E-state index contributed by atoms with van der Waals surface area (Å²) in [6, 6.07) is 0. The fourth-order valence-electron chi connectivity index (χ4n) is 3.01. The lowest BCUT2D eigenvalue weighted by molar-refractivity contribution is 0.0248. The summed E-state index contributed by atoms with van der Waals surface area (Å²) >= 11 is 5.87. The molecule has 5 nitrogen and oxygen atoms in total. The molecule has 0 bridgehead atoms. The van der Waals surface area contributed by atoms with Crippen molar-refractivity contribution in [3.8, 4) is 5.75 Å². The highest BCUT2D eigenvalue weighted by Crippen LogP contribution is 2.55. The van der Waals surface area contributed by atoms with Crippen LogP contribution in [-0.4, -0.2) is 48.4 Å². The average Bonchev–Trinajstić information content (AvgIpc) is 2.99. The summed E-state index contributed by atoms with van der Waals surface area (Å²) in [4.78, 5) is 8.32. The third-order valence-electron chi connectivity index (χ3n) is 3.97. The number of ether oxygens (including phenoxy) is 2. The van der Waals surface area contributed by atoms with Crippen LogP contribution in [0, 0.1) is 0 Å². The second-order valence-corrected chi connectivity index (χ2v) is 5.08. The SMILES string of the molecule is Clc1ncc2c(n1)[N+]13CCOCC1(CO2)C3. The number of hydrogen-bond acceptors (Lipinski definition) is 4. The first kappa shape index (κ1) is 9.15. The lowest BCUT2D eigenvalue weighted by Crippen LogP contribution is -2.52. The van der Waals surface area contributed by atoms with Gasteiger partial charge in [-0.3, -0.25) is 0 Å². The number of halogens is 1. The van der Waals surface area contributed by atoms with Crippen LogP contribution in [0.4, 0.5) is 5.82 Å². The molecular formula is C10H11ClN3O2+. The summed E-state index contributed by atoms with van der Waals surface area (Å²) in [5, 5.41) is 0.295. The molecule has 16 heavy (non-hydrogen) atoms. The van der Waals surface area contributed by atoms with Crippen LogP contribution in [0.5, 0.6) is 5.75 Å². The highest BCUT2D eigenvalue weighted by atomic mass is 35.5. The lowest BCUT2D eigenvalue weighted by atomic mass is 10.1. The van der Waals surface area contributed by atoms with Gasteiger partial charge in [-0.25, -0.2) is 9.47 Å². The van der Waals surface area contributed by atoms with Gasteiger partial charge in [0.2, 0.25) is 16.6 Å². The molecule has 0 N–H and O–H groups in total. The molecule has 0 radical (unpaired) electrons. The van der Waals surface area contributed by atoms with E-state index in [1.807, 2.05) is 0 Å². The Morgan fingerprint density at radius 2 is 2.38 bits per heavy atom. The molecule has 6 heteroatoms. The van der Waals surface area contributed by atoms with E-state index in [-0.39, 0.29) is 5.54 Å². The molecule has 2 saturated heterocycles. The molecule has 4 heterocycles. The van der Waals surface area contributed by atoms with Gasteiger partial charge in [-0.1, -0.05) is 0 Å². The first-order valence-corrected chi connectivity index (χ1v) is 5.75. The maximum absolute atomic E-state index is 5.87. The summed E-state index contributed by atoms with van der Waals surface area (Å²) in [7, 11) is 0. The fourth-order valence-corrected chi connectivity index (χ4v) is 3.14. The predicted octanol–water partition coefficient (Wildman–Crippen LogP) is 0.612. The predicted molar refractivity (Wildman–Crippen MR) is 57.6 cm³/mol. The molecule has 2 fully saturated rings. The molecule has 84 valence electrons. The minimum Gasteiger partial charge on any atom is -0.478 e. The van der Waals surface area contributed by atoms with E-state index < -0.39 is 0 Å². The maximum atomic E-state index is 5.87. The highest BCUT2D eigenvalue weighted by Gasteiger charge is 2.76. The van der Waals surface area contributed by atoms with Crippen LogP contribution in [-0.2, 0) is 4.74 Å². The van der Waals surface area contributed by atoms with Crippen molar-refractivity contribution in [2.45, 2.75) is 5.54 Å². The van der Waals surface area contributed by atoms with Crippen molar-refractivity contribution >= 4 is 17.4 Å². The van der Waals surface area contributed by atoms with Gasteiger partial charge in [0.1, 0.15) is 19.7 Å². The molecular weight excluding hydrogens is 230 g/mol. The zero-order chi connectivity index (χ0) is 10.8. The van der Waals surface area contributed by atoms with Gasteiger partial charge < -0.3 is 9.47 Å². The second-order valence-electron chi connectivity index (χ2n) is 4.74. The molecule has 0 amide bonds. The van der Waals surface area contributed by atoms with Gasteiger partial charge in [-0.2, -0.15) is 4.98 Å². The molecule has 2 unspecified atom stereocenters. The average molecular weight is 241 g/mol. The van der Waals surface area contributed by atoms with Crippen LogP contribution in [0.1, 0.15) is 0 Å². The standard InChI is InChI=1S/C10H11ClN3O2/c11-9-12-3-7-8(13-9)14-1-2-15-5-10(14,4-14)6-16-7/h3H,1-2,4-6H2/q+1. The Kier molecular flexibility index (Phi) is 1.53. The van der Waals surface area contributed by atoms with E-state index in [2.05, 4.69) is 9.97 Å². The van der Waals surface area contributed by atoms with Crippen LogP contribution >= 0.6 is 11.6 Å². The van der Waals surface area contributed by atoms with Gasteiger partial charge in [0, 0.05) is 0 Å². The quantitative estimate of drug-likeness (QED) is 0.379. The topological polar surface area (TPSA) is 44.2 Å². The molecule has 1 aromatic rings. The molecule has 0 saturated carbocycles. The molecule has 0 aromatic carbocycles. The summed E-state index contributed by atoms with van der Waals surface area (Å²) < 4.78 is 12.1. The Morgan fingerprint density at radius 3 is 3.31 bits per heavy atom. The van der Waals surface area contributed by atoms with Crippen LogP contribution in [0.2, 0.25) is 5.28 Å². The van der Waals surface area contributed by atoms with Crippen molar-refractivity contribution in [2.75, 3.05) is 32.9 Å². The van der Waals surface area contributed by atoms with Crippen molar-refractivity contribution in [3.05, 3.63) is 11.5 Å². The van der Waals surface area contributed by atoms with Crippen LogP contribution < -0.4 is 9.22 Å². The van der Waals surface area contributed by atoms with Crippen LogP contribution in [0.15, 0.2) is 6.20 Å². The second kappa shape index (κ2) is 2.67. The van der Waals surface area contributed by atoms with Crippen molar-refractivity contribution in [3.63, 3.8) is 0 Å². The van der Waals surface area contributed by atoms with Gasteiger partial charge in [0.15, 0.2) is 6.61 Å². The van der Waals surface area contributed by atoms with E-state index in [0.717, 1.165) is 42.4 Å². The van der Waals surface area contributed by atoms with E-state index in [1.165, 1.54) is 0 Å². The first-order valence-electron chi connectivity index (χ1n) is 5.37. The number of nitrogens with zero attached hydrogens (tertiary/aromatic N) is 3. The van der Waals surface area contributed by atoms with Crippen molar-refractivity contribution in [1.29, 1.82) is 0 Å². The summed E-state index contributed by atoms with van der Waals surface area (Å²) in [5.74, 6) is 1.72. The van der Waals surface area contributed by atoms with Crippen LogP contribution in [0.3, 0.4) is 0 Å². The normalized spacial score (nSPS) is 39.1. The van der Waals surface area contributed by atoms with Gasteiger partial charge in [0.25, 0.3) is 5.82 Å². The third kappa shape index (κ3) is 0.901. The number of rotatable bonds is 0. The van der Waals surface area contributed by atoms with Crippen molar-refractivity contribution < 1.29 is 9.47 Å². The third-order valence-corrected chi connectivity index (χ3v) is 4.15. The molecule has 0 aliphatic carbocycles. The highest BCUT2D eigenvalue weighted by molar-refractivity contribution is 6.28. The maximum Gasteiger partial charge on any atom is 0.276 e. The zero-order valence-corrected chi connectivity index (χ0v) is 9.40. The number of hydrogen-bond donors (Lipinski definition) is 0. The monoisotopic (exact) mass is 240 g/mol. The lowest BCUT2D eigenvalue weighted by Gasteiger charge is -2.33. The molecule has 2 atom stereocenters. The minimum atomic E-state index is 0.100. The Morgan fingerprint density at radius 1 is 1.44 bits per heavy atom.